The number of carboxylic acids is 1. The molecule has 1 unspecified atom stereocenters. The van der Waals surface area contributed by atoms with Crippen molar-refractivity contribution in [3.8, 4) is 0 Å². The fraction of sp³-hybridized carbons (Fsp3) is 0.700. The van der Waals surface area contributed by atoms with Crippen LogP contribution in [0, 0.1) is 0 Å². The molecule has 1 atom stereocenters. The topological polar surface area (TPSA) is 113 Å². The van der Waals surface area contributed by atoms with Gasteiger partial charge in [0.2, 0.25) is 11.8 Å². The van der Waals surface area contributed by atoms with E-state index in [9.17, 15) is 14.4 Å². The van der Waals surface area contributed by atoms with Crippen molar-refractivity contribution >= 4 is 17.8 Å². The Bertz CT molecular complexity index is 344. The van der Waals surface area contributed by atoms with Crippen LogP contribution >= 0.6 is 0 Å². The molecule has 0 aliphatic carbocycles. The van der Waals surface area contributed by atoms with Crippen LogP contribution < -0.4 is 11.1 Å². The minimum Gasteiger partial charge on any atom is -0.480 e. The first kappa shape index (κ1) is 13.4. The molecule has 7 nitrogen and oxygen atoms in total. The Morgan fingerprint density at radius 1 is 1.47 bits per heavy atom. The van der Waals surface area contributed by atoms with Gasteiger partial charge in [-0.05, 0) is 19.8 Å². The Kier molecular flexibility index (Phi) is 4.06. The molecular weight excluding hydrogens is 226 g/mol. The zero-order valence-electron chi connectivity index (χ0n) is 9.73. The summed E-state index contributed by atoms with van der Waals surface area (Å²) < 4.78 is 0. The van der Waals surface area contributed by atoms with Crippen molar-refractivity contribution in [2.75, 3.05) is 19.6 Å². The number of nitrogens with one attached hydrogen (secondary N) is 1. The molecule has 1 saturated heterocycles. The summed E-state index contributed by atoms with van der Waals surface area (Å²) in [6, 6.07) is 0. The predicted molar refractivity (Wildman–Crippen MR) is 59.1 cm³/mol. The lowest BCUT2D eigenvalue weighted by atomic mass is 9.99. The molecule has 4 N–H and O–H groups in total. The highest BCUT2D eigenvalue weighted by Crippen LogP contribution is 2.28. The number of aliphatic carboxylic acids is 1. The molecule has 1 rings (SSSR count). The number of nitrogens with zero attached hydrogens (tertiary/aromatic N) is 1. The predicted octanol–water partition coefficient (Wildman–Crippen LogP) is -1.47. The van der Waals surface area contributed by atoms with E-state index in [-0.39, 0.29) is 13.1 Å². The van der Waals surface area contributed by atoms with Gasteiger partial charge in [-0.1, -0.05) is 0 Å². The Hall–Kier alpha value is -1.63. The van der Waals surface area contributed by atoms with Crippen molar-refractivity contribution in [1.82, 2.24) is 10.2 Å². The molecule has 17 heavy (non-hydrogen) atoms. The molecule has 7 heteroatoms. The molecule has 0 aromatic carbocycles. The number of likely N-dealkylation sites (tertiary alicyclic amines) is 1. The molecule has 0 saturated carbocycles. The maximum Gasteiger partial charge on any atom is 0.329 e. The number of carbonyl (C=O) groups excluding carboxylic acids is 2. The zero-order valence-corrected chi connectivity index (χ0v) is 9.73. The van der Waals surface area contributed by atoms with Gasteiger partial charge in [-0.15, -0.1) is 0 Å². The quantitative estimate of drug-likeness (QED) is 0.557. The summed E-state index contributed by atoms with van der Waals surface area (Å²) >= 11 is 0. The van der Waals surface area contributed by atoms with E-state index < -0.39 is 23.3 Å². The Labute approximate surface area is 98.9 Å². The van der Waals surface area contributed by atoms with E-state index in [4.69, 9.17) is 10.8 Å². The van der Waals surface area contributed by atoms with E-state index >= 15 is 0 Å². The number of nitrogens with two attached hydrogens (primary N) is 1. The van der Waals surface area contributed by atoms with Gasteiger partial charge in [-0.2, -0.15) is 0 Å². The summed E-state index contributed by atoms with van der Waals surface area (Å²) in [6.45, 7) is 1.52. The SMILES string of the molecule is CC1(C(=O)O)CCCN1C(=O)CNC(=O)CN. The molecule has 1 heterocycles. The van der Waals surface area contributed by atoms with Gasteiger partial charge >= 0.3 is 5.97 Å². The Balaban J connectivity index is 2.63. The third-order valence-electron chi connectivity index (χ3n) is 3.03. The van der Waals surface area contributed by atoms with Crippen LogP contribution in [0.5, 0.6) is 0 Å². The third-order valence-corrected chi connectivity index (χ3v) is 3.03. The van der Waals surface area contributed by atoms with Crippen LogP contribution in [0.25, 0.3) is 0 Å². The summed E-state index contributed by atoms with van der Waals surface area (Å²) in [6.07, 6.45) is 1.08. The molecule has 0 radical (unpaired) electrons. The van der Waals surface area contributed by atoms with Crippen molar-refractivity contribution in [2.45, 2.75) is 25.3 Å². The van der Waals surface area contributed by atoms with E-state index in [0.29, 0.717) is 19.4 Å². The van der Waals surface area contributed by atoms with Crippen LogP contribution in [0.3, 0.4) is 0 Å². The average molecular weight is 243 g/mol. The van der Waals surface area contributed by atoms with Gasteiger partial charge in [0.15, 0.2) is 0 Å². The number of carbonyl (C=O) groups is 3. The highest BCUT2D eigenvalue weighted by Gasteiger charge is 2.45. The number of carboxylic acid groups (broad SMARTS) is 1. The number of rotatable bonds is 4. The molecule has 1 aliphatic heterocycles. The van der Waals surface area contributed by atoms with Crippen molar-refractivity contribution < 1.29 is 19.5 Å². The Morgan fingerprint density at radius 2 is 2.12 bits per heavy atom. The summed E-state index contributed by atoms with van der Waals surface area (Å²) in [5, 5.41) is 11.5. The van der Waals surface area contributed by atoms with Gasteiger partial charge in [0.1, 0.15) is 5.54 Å². The molecule has 1 aliphatic rings. The lowest BCUT2D eigenvalue weighted by Crippen LogP contribution is -2.53. The molecule has 1 fully saturated rings. The van der Waals surface area contributed by atoms with Gasteiger partial charge in [0, 0.05) is 6.54 Å². The van der Waals surface area contributed by atoms with E-state index in [2.05, 4.69) is 5.32 Å². The van der Waals surface area contributed by atoms with Crippen LogP contribution in [0.4, 0.5) is 0 Å². The fourth-order valence-corrected chi connectivity index (χ4v) is 1.93. The smallest absolute Gasteiger partial charge is 0.329 e. The van der Waals surface area contributed by atoms with Crippen LogP contribution in [0.1, 0.15) is 19.8 Å². The highest BCUT2D eigenvalue weighted by atomic mass is 16.4. The maximum absolute atomic E-state index is 11.8. The molecule has 0 spiro atoms. The van der Waals surface area contributed by atoms with Crippen LogP contribution in [0.15, 0.2) is 0 Å². The van der Waals surface area contributed by atoms with E-state index in [0.717, 1.165) is 0 Å². The highest BCUT2D eigenvalue weighted by molar-refractivity contribution is 5.90. The minimum atomic E-state index is -1.16. The third kappa shape index (κ3) is 2.73. The number of amides is 2. The van der Waals surface area contributed by atoms with Crippen molar-refractivity contribution in [2.24, 2.45) is 5.73 Å². The monoisotopic (exact) mass is 243 g/mol. The fourth-order valence-electron chi connectivity index (χ4n) is 1.93. The molecule has 96 valence electrons. The first-order valence-electron chi connectivity index (χ1n) is 5.42. The van der Waals surface area contributed by atoms with Crippen molar-refractivity contribution in [3.63, 3.8) is 0 Å². The van der Waals surface area contributed by atoms with E-state index in [1.807, 2.05) is 0 Å². The first-order chi connectivity index (χ1) is 7.91. The van der Waals surface area contributed by atoms with Gasteiger partial charge in [-0.25, -0.2) is 4.79 Å². The van der Waals surface area contributed by atoms with Crippen molar-refractivity contribution in [1.29, 1.82) is 0 Å². The lowest BCUT2D eigenvalue weighted by molar-refractivity contribution is -0.155. The second-order valence-electron chi connectivity index (χ2n) is 4.21. The van der Waals surface area contributed by atoms with Crippen molar-refractivity contribution in [3.05, 3.63) is 0 Å². The minimum absolute atomic E-state index is 0.191. The van der Waals surface area contributed by atoms with E-state index in [1.165, 1.54) is 11.8 Å². The van der Waals surface area contributed by atoms with Gasteiger partial charge in [0.25, 0.3) is 0 Å². The second kappa shape index (κ2) is 5.13. The van der Waals surface area contributed by atoms with Crippen LogP contribution in [-0.4, -0.2) is 53.0 Å². The van der Waals surface area contributed by atoms with Crippen LogP contribution in [-0.2, 0) is 14.4 Å². The molecule has 0 aromatic rings. The molecular formula is C10H17N3O4. The lowest BCUT2D eigenvalue weighted by Gasteiger charge is -2.31. The maximum atomic E-state index is 11.8. The normalized spacial score (nSPS) is 23.5. The number of hydrogen-bond acceptors (Lipinski definition) is 4. The van der Waals surface area contributed by atoms with Gasteiger partial charge in [-0.3, -0.25) is 9.59 Å². The second-order valence-corrected chi connectivity index (χ2v) is 4.21. The van der Waals surface area contributed by atoms with Crippen LogP contribution in [0.2, 0.25) is 0 Å². The molecule has 0 bridgehead atoms. The summed E-state index contributed by atoms with van der Waals surface area (Å²) in [5.41, 5.74) is 3.92. The number of hydrogen-bond donors (Lipinski definition) is 3. The van der Waals surface area contributed by atoms with Gasteiger partial charge in [0.05, 0.1) is 13.1 Å². The summed E-state index contributed by atoms with van der Waals surface area (Å²) in [5.74, 6) is -1.85. The first-order valence-corrected chi connectivity index (χ1v) is 5.42. The zero-order chi connectivity index (χ0) is 13.1. The summed E-state index contributed by atoms with van der Waals surface area (Å²) in [7, 11) is 0. The summed E-state index contributed by atoms with van der Waals surface area (Å²) in [4.78, 5) is 35.1. The Morgan fingerprint density at radius 3 is 2.65 bits per heavy atom. The standard InChI is InChI=1S/C10H17N3O4/c1-10(9(16)17)3-2-4-13(10)8(15)6-12-7(14)5-11/h2-6,11H2,1H3,(H,12,14)(H,16,17). The van der Waals surface area contributed by atoms with Gasteiger partial charge < -0.3 is 21.1 Å². The largest absolute Gasteiger partial charge is 0.480 e. The van der Waals surface area contributed by atoms with E-state index in [1.54, 1.807) is 0 Å². The molecule has 0 aromatic heterocycles. The molecule has 2 amide bonds. The average Bonchev–Trinajstić information content (AvgIpc) is 2.69.